The van der Waals surface area contributed by atoms with E-state index >= 15 is 0 Å². The molecule has 0 amide bonds. The van der Waals surface area contributed by atoms with Gasteiger partial charge in [-0.3, -0.25) is 4.79 Å². The van der Waals surface area contributed by atoms with E-state index in [4.69, 9.17) is 5.11 Å². The summed E-state index contributed by atoms with van der Waals surface area (Å²) in [5, 5.41) is 12.2. The number of carboxylic acids is 1. The first-order valence-corrected chi connectivity index (χ1v) is 9.04. The van der Waals surface area contributed by atoms with Crippen molar-refractivity contribution in [1.29, 1.82) is 0 Å². The van der Waals surface area contributed by atoms with Crippen molar-refractivity contribution in [2.24, 2.45) is 0 Å². The van der Waals surface area contributed by atoms with Crippen LogP contribution < -0.4 is 5.32 Å². The Bertz CT molecular complexity index is 390. The lowest BCUT2D eigenvalue weighted by atomic mass is 10.1. The van der Waals surface area contributed by atoms with Crippen LogP contribution in [0.1, 0.15) is 68.0 Å². The minimum Gasteiger partial charge on any atom is -0.481 e. The number of carboxylic acid groups (broad SMARTS) is 1. The Morgan fingerprint density at radius 1 is 1.05 bits per heavy atom. The van der Waals surface area contributed by atoms with Gasteiger partial charge in [0.15, 0.2) is 0 Å². The van der Waals surface area contributed by atoms with Gasteiger partial charge in [-0.25, -0.2) is 0 Å². The SMILES string of the molecule is CCCCCCCCCCNCc1ccc(CC(=O)O)s1. The molecule has 3 nitrogen and oxygen atoms in total. The summed E-state index contributed by atoms with van der Waals surface area (Å²) < 4.78 is 0. The zero-order valence-corrected chi connectivity index (χ0v) is 14.0. The molecule has 0 saturated carbocycles. The van der Waals surface area contributed by atoms with E-state index in [2.05, 4.69) is 12.2 Å². The third-order valence-electron chi connectivity index (χ3n) is 3.55. The summed E-state index contributed by atoms with van der Waals surface area (Å²) in [6, 6.07) is 3.95. The van der Waals surface area contributed by atoms with Crippen molar-refractivity contribution < 1.29 is 9.90 Å². The van der Waals surface area contributed by atoms with Crippen LogP contribution in [0.25, 0.3) is 0 Å². The number of thiophene rings is 1. The number of hydrogen-bond acceptors (Lipinski definition) is 3. The lowest BCUT2D eigenvalue weighted by Crippen LogP contribution is -2.13. The van der Waals surface area contributed by atoms with Crippen molar-refractivity contribution in [1.82, 2.24) is 5.32 Å². The molecule has 0 aliphatic rings. The first kappa shape index (κ1) is 18.2. The third kappa shape index (κ3) is 9.64. The van der Waals surface area contributed by atoms with Crippen LogP contribution in [-0.2, 0) is 17.8 Å². The number of rotatable bonds is 13. The number of aliphatic carboxylic acids is 1. The van der Waals surface area contributed by atoms with Crippen LogP contribution in [0.2, 0.25) is 0 Å². The van der Waals surface area contributed by atoms with Crippen LogP contribution in [0, 0.1) is 0 Å². The second-order valence-corrected chi connectivity index (χ2v) is 6.84. The van der Waals surface area contributed by atoms with Crippen molar-refractivity contribution >= 4 is 17.3 Å². The number of carbonyl (C=O) groups is 1. The van der Waals surface area contributed by atoms with Gasteiger partial charge >= 0.3 is 5.97 Å². The highest BCUT2D eigenvalue weighted by Gasteiger charge is 2.04. The zero-order valence-electron chi connectivity index (χ0n) is 13.2. The molecule has 21 heavy (non-hydrogen) atoms. The summed E-state index contributed by atoms with van der Waals surface area (Å²) in [4.78, 5) is 12.8. The Labute approximate surface area is 132 Å². The van der Waals surface area contributed by atoms with Crippen LogP contribution in [0.4, 0.5) is 0 Å². The van der Waals surface area contributed by atoms with E-state index in [1.807, 2.05) is 12.1 Å². The highest BCUT2D eigenvalue weighted by molar-refractivity contribution is 7.12. The Morgan fingerprint density at radius 2 is 1.67 bits per heavy atom. The van der Waals surface area contributed by atoms with E-state index in [9.17, 15) is 4.79 Å². The maximum atomic E-state index is 10.6. The fourth-order valence-electron chi connectivity index (χ4n) is 2.36. The Hall–Kier alpha value is -0.870. The molecule has 0 saturated heterocycles. The van der Waals surface area contributed by atoms with E-state index in [0.717, 1.165) is 18.0 Å². The van der Waals surface area contributed by atoms with E-state index in [0.29, 0.717) is 0 Å². The van der Waals surface area contributed by atoms with E-state index < -0.39 is 5.97 Å². The van der Waals surface area contributed by atoms with Gasteiger partial charge in [0.25, 0.3) is 0 Å². The van der Waals surface area contributed by atoms with Gasteiger partial charge in [-0.1, -0.05) is 51.9 Å². The summed E-state index contributed by atoms with van der Waals surface area (Å²) in [7, 11) is 0. The average molecular weight is 311 g/mol. The molecule has 4 heteroatoms. The van der Waals surface area contributed by atoms with Crippen LogP contribution in [-0.4, -0.2) is 17.6 Å². The average Bonchev–Trinajstić information content (AvgIpc) is 2.87. The molecule has 1 aromatic rings. The second kappa shape index (κ2) is 11.8. The molecule has 0 aliphatic heterocycles. The standard InChI is InChI=1S/C17H29NO2S/c1-2-3-4-5-6-7-8-9-12-18-14-16-11-10-15(21-16)13-17(19)20/h10-11,18H,2-9,12-14H2,1H3,(H,19,20). The van der Waals surface area contributed by atoms with Crippen molar-refractivity contribution in [3.8, 4) is 0 Å². The van der Waals surface area contributed by atoms with Crippen molar-refractivity contribution in [3.63, 3.8) is 0 Å². The third-order valence-corrected chi connectivity index (χ3v) is 4.63. The summed E-state index contributed by atoms with van der Waals surface area (Å²) in [5.41, 5.74) is 0. The molecule has 0 radical (unpaired) electrons. The van der Waals surface area contributed by atoms with Crippen molar-refractivity contribution in [3.05, 3.63) is 21.9 Å². The van der Waals surface area contributed by atoms with Crippen molar-refractivity contribution in [2.45, 2.75) is 71.3 Å². The molecule has 1 aromatic heterocycles. The summed E-state index contributed by atoms with van der Waals surface area (Å²) >= 11 is 1.60. The fourth-order valence-corrected chi connectivity index (χ4v) is 3.34. The number of hydrogen-bond donors (Lipinski definition) is 2. The van der Waals surface area contributed by atoms with Gasteiger partial charge in [0.1, 0.15) is 0 Å². The van der Waals surface area contributed by atoms with Gasteiger partial charge in [-0.2, -0.15) is 0 Å². The molecule has 1 rings (SSSR count). The smallest absolute Gasteiger partial charge is 0.308 e. The molecule has 0 bridgehead atoms. The van der Waals surface area contributed by atoms with Gasteiger partial charge in [-0.05, 0) is 25.1 Å². The predicted molar refractivity (Wildman–Crippen MR) is 90.0 cm³/mol. The molecule has 0 aromatic carbocycles. The molecule has 0 fully saturated rings. The van der Waals surface area contributed by atoms with Crippen LogP contribution >= 0.6 is 11.3 Å². The monoisotopic (exact) mass is 311 g/mol. The fraction of sp³-hybridized carbons (Fsp3) is 0.706. The molecule has 0 atom stereocenters. The summed E-state index contributed by atoms with van der Waals surface area (Å²) in [6.07, 6.45) is 10.9. The molecular formula is C17H29NO2S. The van der Waals surface area contributed by atoms with Gasteiger partial charge in [-0.15, -0.1) is 11.3 Å². The maximum absolute atomic E-state index is 10.6. The van der Waals surface area contributed by atoms with Crippen LogP contribution in [0.5, 0.6) is 0 Å². The first-order valence-electron chi connectivity index (χ1n) is 8.22. The topological polar surface area (TPSA) is 49.3 Å². The normalized spacial score (nSPS) is 10.9. The predicted octanol–water partition coefficient (Wildman–Crippen LogP) is 4.61. The minimum atomic E-state index is -0.754. The molecular weight excluding hydrogens is 282 g/mol. The molecule has 1 heterocycles. The minimum absolute atomic E-state index is 0.142. The van der Waals surface area contributed by atoms with E-state index in [1.54, 1.807) is 11.3 Å². The second-order valence-electron chi connectivity index (χ2n) is 5.59. The molecule has 120 valence electrons. The molecule has 2 N–H and O–H groups in total. The number of unbranched alkanes of at least 4 members (excludes halogenated alkanes) is 7. The number of nitrogens with one attached hydrogen (secondary N) is 1. The quantitative estimate of drug-likeness (QED) is 0.523. The van der Waals surface area contributed by atoms with E-state index in [-0.39, 0.29) is 6.42 Å². The molecule has 0 unspecified atom stereocenters. The Kier molecular flexibility index (Phi) is 10.2. The van der Waals surface area contributed by atoms with Gasteiger partial charge in [0.2, 0.25) is 0 Å². The zero-order chi connectivity index (χ0) is 15.3. The van der Waals surface area contributed by atoms with Crippen molar-refractivity contribution in [2.75, 3.05) is 6.54 Å². The summed E-state index contributed by atoms with van der Waals surface area (Å²) in [6.45, 7) is 4.17. The van der Waals surface area contributed by atoms with Crippen LogP contribution in [0.3, 0.4) is 0 Å². The highest BCUT2D eigenvalue weighted by atomic mass is 32.1. The summed E-state index contributed by atoms with van der Waals surface area (Å²) in [5.74, 6) is -0.754. The van der Waals surface area contributed by atoms with Gasteiger partial charge < -0.3 is 10.4 Å². The maximum Gasteiger partial charge on any atom is 0.308 e. The van der Waals surface area contributed by atoms with E-state index in [1.165, 1.54) is 56.2 Å². The Morgan fingerprint density at radius 3 is 2.33 bits per heavy atom. The largest absolute Gasteiger partial charge is 0.481 e. The molecule has 0 spiro atoms. The van der Waals surface area contributed by atoms with Gasteiger partial charge in [0, 0.05) is 16.3 Å². The van der Waals surface area contributed by atoms with Crippen LogP contribution in [0.15, 0.2) is 12.1 Å². The lowest BCUT2D eigenvalue weighted by Gasteiger charge is -2.03. The Balaban J connectivity index is 1.94. The molecule has 0 aliphatic carbocycles. The lowest BCUT2D eigenvalue weighted by molar-refractivity contribution is -0.136. The first-order chi connectivity index (χ1) is 10.2. The van der Waals surface area contributed by atoms with Gasteiger partial charge in [0.05, 0.1) is 6.42 Å². The highest BCUT2D eigenvalue weighted by Crippen LogP contribution is 2.16.